The summed E-state index contributed by atoms with van der Waals surface area (Å²) in [7, 11) is 0. The topological polar surface area (TPSA) is 57.4 Å². The van der Waals surface area contributed by atoms with E-state index >= 15 is 0 Å². The Balaban J connectivity index is 1.60. The van der Waals surface area contributed by atoms with E-state index in [1.165, 1.54) is 0 Å². The molecule has 0 aliphatic heterocycles. The number of fused-ring (bicyclic) bond motifs is 6. The van der Waals surface area contributed by atoms with Gasteiger partial charge in [0.05, 0.1) is 44.6 Å². The molecule has 2 heterocycles. The molecule has 0 saturated carbocycles. The van der Waals surface area contributed by atoms with Gasteiger partial charge in [0.1, 0.15) is 12.1 Å². The Morgan fingerprint density at radius 2 is 0.881 bits per heavy atom. The molecule has 194 valence electrons. The van der Waals surface area contributed by atoms with Gasteiger partial charge in [0, 0.05) is 27.1 Å². The van der Waals surface area contributed by atoms with Crippen molar-refractivity contribution in [1.29, 1.82) is 10.5 Å². The van der Waals surface area contributed by atoms with Gasteiger partial charge in [0.25, 0.3) is 0 Å². The Bertz CT molecular complexity index is 2320. The smallest absolute Gasteiger partial charge is 0.102 e. The second kappa shape index (κ2) is 9.24. The van der Waals surface area contributed by atoms with E-state index in [9.17, 15) is 10.5 Å². The highest BCUT2D eigenvalue weighted by Gasteiger charge is 2.26. The maximum Gasteiger partial charge on any atom is 0.102 e. The summed E-state index contributed by atoms with van der Waals surface area (Å²) in [4.78, 5) is 0. The summed E-state index contributed by atoms with van der Waals surface area (Å²) in [5.41, 5.74) is 7.98. The average Bonchev–Trinajstić information content (AvgIpc) is 3.57. The van der Waals surface area contributed by atoms with Crippen molar-refractivity contribution in [3.8, 4) is 34.6 Å². The summed E-state index contributed by atoms with van der Waals surface area (Å²) < 4.78 is 4.29. The summed E-state index contributed by atoms with van der Waals surface area (Å²) in [6, 6.07) is 49.9. The van der Waals surface area contributed by atoms with E-state index < -0.39 is 0 Å². The lowest BCUT2D eigenvalue weighted by molar-refractivity contribution is 1.13. The number of nitrogens with zero attached hydrogens (tertiary/aromatic N) is 4. The molecule has 0 saturated heterocycles. The lowest BCUT2D eigenvalue weighted by atomic mass is 9.93. The molecular weight excluding hydrogens is 512 g/mol. The van der Waals surface area contributed by atoms with Crippen LogP contribution in [-0.2, 0) is 0 Å². The zero-order valence-electron chi connectivity index (χ0n) is 22.5. The Kier molecular flexibility index (Phi) is 5.22. The number of para-hydroxylation sites is 4. The van der Waals surface area contributed by atoms with Crippen molar-refractivity contribution in [1.82, 2.24) is 9.13 Å². The van der Waals surface area contributed by atoms with Crippen molar-refractivity contribution < 1.29 is 0 Å². The van der Waals surface area contributed by atoms with Gasteiger partial charge < -0.3 is 9.13 Å². The number of benzene rings is 6. The van der Waals surface area contributed by atoms with Crippen LogP contribution in [0.1, 0.15) is 11.1 Å². The summed E-state index contributed by atoms with van der Waals surface area (Å²) in [6.07, 6.45) is 0. The molecule has 0 unspecified atom stereocenters. The minimum Gasteiger partial charge on any atom is -0.308 e. The molecule has 0 amide bonds. The Morgan fingerprint density at radius 1 is 0.452 bits per heavy atom. The third kappa shape index (κ3) is 3.27. The highest BCUT2D eigenvalue weighted by molar-refractivity contribution is 6.11. The van der Waals surface area contributed by atoms with Crippen LogP contribution in [0.3, 0.4) is 0 Å². The molecule has 0 aliphatic rings. The second-order valence-corrected chi connectivity index (χ2v) is 10.4. The standard InChI is InChI=1S/C38H22N4/c39-23-26-22-36(41-32-18-8-4-14-27(32)28-15-5-9-19-33(28)41)31(24-40)37(25-12-2-1-3-13-25)38(26)42-34-20-10-6-16-29(34)30-17-7-11-21-35(30)42/h1-22H. The summed E-state index contributed by atoms with van der Waals surface area (Å²) in [5.74, 6) is 0. The number of rotatable bonds is 3. The van der Waals surface area contributed by atoms with Crippen LogP contribution in [0.15, 0.2) is 133 Å². The van der Waals surface area contributed by atoms with Gasteiger partial charge in [-0.25, -0.2) is 0 Å². The zero-order valence-corrected chi connectivity index (χ0v) is 22.5. The largest absolute Gasteiger partial charge is 0.308 e. The van der Waals surface area contributed by atoms with Gasteiger partial charge in [-0.1, -0.05) is 103 Å². The minimum atomic E-state index is 0.497. The zero-order chi connectivity index (χ0) is 28.2. The summed E-state index contributed by atoms with van der Waals surface area (Å²) >= 11 is 0. The van der Waals surface area contributed by atoms with E-state index in [1.54, 1.807) is 0 Å². The molecule has 42 heavy (non-hydrogen) atoms. The van der Waals surface area contributed by atoms with E-state index in [0.29, 0.717) is 22.5 Å². The Hall–Kier alpha value is -6.10. The molecule has 0 aliphatic carbocycles. The first-order valence-corrected chi connectivity index (χ1v) is 13.8. The molecule has 0 radical (unpaired) electrons. The molecule has 6 aromatic carbocycles. The molecule has 0 spiro atoms. The number of hydrogen-bond donors (Lipinski definition) is 0. The SMILES string of the molecule is N#Cc1cc(-n2c3ccccc3c3ccccc32)c(C#N)c(-c2ccccc2)c1-n1c2ccccc2c2ccccc21. The van der Waals surface area contributed by atoms with Crippen LogP contribution >= 0.6 is 0 Å². The van der Waals surface area contributed by atoms with Crippen LogP contribution in [0.25, 0.3) is 66.1 Å². The van der Waals surface area contributed by atoms with E-state index in [2.05, 4.69) is 69.8 Å². The first-order valence-electron chi connectivity index (χ1n) is 13.8. The van der Waals surface area contributed by atoms with Crippen molar-refractivity contribution in [2.45, 2.75) is 0 Å². The fourth-order valence-electron chi connectivity index (χ4n) is 6.50. The van der Waals surface area contributed by atoms with Crippen LogP contribution < -0.4 is 0 Å². The lowest BCUT2D eigenvalue weighted by Crippen LogP contribution is -2.07. The highest BCUT2D eigenvalue weighted by Crippen LogP contribution is 2.43. The van der Waals surface area contributed by atoms with Crippen LogP contribution in [-0.4, -0.2) is 9.13 Å². The molecule has 2 aromatic heterocycles. The lowest BCUT2D eigenvalue weighted by Gasteiger charge is -2.21. The van der Waals surface area contributed by atoms with Crippen molar-refractivity contribution in [2.75, 3.05) is 0 Å². The first-order chi connectivity index (χ1) is 20.8. The van der Waals surface area contributed by atoms with Gasteiger partial charge in [0.15, 0.2) is 0 Å². The third-order valence-corrected chi connectivity index (χ3v) is 8.20. The van der Waals surface area contributed by atoms with Crippen molar-refractivity contribution in [3.05, 3.63) is 145 Å². The third-order valence-electron chi connectivity index (χ3n) is 8.20. The molecule has 0 bridgehead atoms. The molecule has 0 atom stereocenters. The van der Waals surface area contributed by atoms with Crippen LogP contribution in [0, 0.1) is 22.7 Å². The Morgan fingerprint density at radius 3 is 1.33 bits per heavy atom. The van der Waals surface area contributed by atoms with Gasteiger partial charge in [-0.3, -0.25) is 0 Å². The maximum atomic E-state index is 11.0. The van der Waals surface area contributed by atoms with E-state index in [1.807, 2.05) is 84.9 Å². The molecule has 4 nitrogen and oxygen atoms in total. The van der Waals surface area contributed by atoms with E-state index in [4.69, 9.17) is 0 Å². The maximum absolute atomic E-state index is 11.0. The molecule has 0 fully saturated rings. The minimum absolute atomic E-state index is 0.497. The van der Waals surface area contributed by atoms with Gasteiger partial charge in [0.2, 0.25) is 0 Å². The van der Waals surface area contributed by atoms with Crippen LogP contribution in [0.4, 0.5) is 0 Å². The fraction of sp³-hybridized carbons (Fsp3) is 0. The monoisotopic (exact) mass is 534 g/mol. The summed E-state index contributed by atoms with van der Waals surface area (Å²) in [6.45, 7) is 0. The fourth-order valence-corrected chi connectivity index (χ4v) is 6.50. The average molecular weight is 535 g/mol. The number of hydrogen-bond acceptors (Lipinski definition) is 2. The molecule has 8 aromatic rings. The van der Waals surface area contributed by atoms with Crippen molar-refractivity contribution in [2.24, 2.45) is 0 Å². The first kappa shape index (κ1) is 23.8. The van der Waals surface area contributed by atoms with Crippen molar-refractivity contribution in [3.63, 3.8) is 0 Å². The summed E-state index contributed by atoms with van der Waals surface area (Å²) in [5, 5.41) is 26.1. The van der Waals surface area contributed by atoms with E-state index in [0.717, 1.165) is 54.7 Å². The van der Waals surface area contributed by atoms with Crippen molar-refractivity contribution >= 4 is 43.6 Å². The van der Waals surface area contributed by atoms with Crippen LogP contribution in [0.5, 0.6) is 0 Å². The second-order valence-electron chi connectivity index (χ2n) is 10.4. The van der Waals surface area contributed by atoms with Gasteiger partial charge in [-0.2, -0.15) is 10.5 Å². The molecule has 0 N–H and O–H groups in total. The highest BCUT2D eigenvalue weighted by atomic mass is 15.0. The quantitative estimate of drug-likeness (QED) is 0.227. The van der Waals surface area contributed by atoms with Gasteiger partial charge >= 0.3 is 0 Å². The number of aromatic nitrogens is 2. The number of nitriles is 2. The van der Waals surface area contributed by atoms with Crippen LogP contribution in [0.2, 0.25) is 0 Å². The predicted octanol–water partition coefficient (Wildman–Crippen LogP) is 9.29. The predicted molar refractivity (Wildman–Crippen MR) is 170 cm³/mol. The van der Waals surface area contributed by atoms with Gasteiger partial charge in [-0.05, 0) is 35.9 Å². The van der Waals surface area contributed by atoms with Gasteiger partial charge in [-0.15, -0.1) is 0 Å². The van der Waals surface area contributed by atoms with E-state index in [-0.39, 0.29) is 0 Å². The molecule has 8 rings (SSSR count). The Labute approximate surface area is 242 Å². The normalized spacial score (nSPS) is 11.3. The molecule has 4 heteroatoms. The molecular formula is C38H22N4.